The van der Waals surface area contributed by atoms with Crippen LogP contribution in [0.1, 0.15) is 0 Å². The number of rotatable bonds is 1. The highest BCUT2D eigenvalue weighted by Gasteiger charge is 2.14. The zero-order chi connectivity index (χ0) is 11.0. The Balaban J connectivity index is 2.26. The summed E-state index contributed by atoms with van der Waals surface area (Å²) in [5.74, 6) is 0.561. The molecule has 0 fully saturated rings. The van der Waals surface area contributed by atoms with Crippen molar-refractivity contribution in [3.63, 3.8) is 0 Å². The first-order chi connectivity index (χ1) is 7.86. The number of aromatic amines is 1. The van der Waals surface area contributed by atoms with Crippen LogP contribution in [-0.2, 0) is 0 Å². The lowest BCUT2D eigenvalue weighted by atomic mass is 10.3. The van der Waals surface area contributed by atoms with Gasteiger partial charge in [0.25, 0.3) is 5.56 Å². The number of hydrogen-bond donors (Lipinski definition) is 1. The molecule has 0 atom stereocenters. The highest BCUT2D eigenvalue weighted by atomic mass is 16.1. The third kappa shape index (κ3) is 1.20. The van der Waals surface area contributed by atoms with E-state index in [2.05, 4.69) is 20.1 Å². The maximum absolute atomic E-state index is 11.4. The van der Waals surface area contributed by atoms with Gasteiger partial charge in [0.1, 0.15) is 11.9 Å². The number of nitrogens with zero attached hydrogens (tertiary/aromatic N) is 4. The van der Waals surface area contributed by atoms with E-state index >= 15 is 0 Å². The van der Waals surface area contributed by atoms with Crippen molar-refractivity contribution in [2.45, 2.75) is 0 Å². The summed E-state index contributed by atoms with van der Waals surface area (Å²) in [6.45, 7) is 0. The van der Waals surface area contributed by atoms with Crippen LogP contribution in [0.2, 0.25) is 0 Å². The molecule has 0 aliphatic carbocycles. The molecule has 0 spiro atoms. The molecule has 0 radical (unpaired) electrons. The van der Waals surface area contributed by atoms with Crippen molar-refractivity contribution in [2.24, 2.45) is 0 Å². The lowest BCUT2D eigenvalue weighted by Crippen LogP contribution is -2.11. The van der Waals surface area contributed by atoms with E-state index in [0.717, 1.165) is 5.69 Å². The number of fused-ring (bicyclic) bond motifs is 1. The van der Waals surface area contributed by atoms with Crippen LogP contribution in [0.4, 0.5) is 0 Å². The van der Waals surface area contributed by atoms with E-state index in [4.69, 9.17) is 0 Å². The topological polar surface area (TPSA) is 76.5 Å². The molecule has 1 aromatic rings. The van der Waals surface area contributed by atoms with Crippen LogP contribution < -0.4 is 5.56 Å². The fraction of sp³-hybridized carbons (Fsp3) is 0. The largest absolute Gasteiger partial charge is 0.299 e. The molecule has 6 nitrogen and oxygen atoms in total. The molecule has 0 bridgehead atoms. The summed E-state index contributed by atoms with van der Waals surface area (Å²) in [5.41, 5.74) is 1.05. The van der Waals surface area contributed by atoms with Crippen molar-refractivity contribution >= 4 is 0 Å². The molecule has 6 heteroatoms. The van der Waals surface area contributed by atoms with E-state index in [-0.39, 0.29) is 5.56 Å². The van der Waals surface area contributed by atoms with E-state index in [1.165, 1.54) is 6.33 Å². The van der Waals surface area contributed by atoms with Crippen LogP contribution >= 0.6 is 0 Å². The molecule has 1 N–H and O–H groups in total. The molecule has 3 rings (SSSR count). The van der Waals surface area contributed by atoms with E-state index in [1.807, 2.05) is 12.1 Å². The Morgan fingerprint density at radius 3 is 2.81 bits per heavy atom. The van der Waals surface area contributed by atoms with E-state index in [9.17, 15) is 4.79 Å². The van der Waals surface area contributed by atoms with Gasteiger partial charge in [-0.25, -0.2) is 9.67 Å². The maximum Gasteiger partial charge on any atom is 0.283 e. The lowest BCUT2D eigenvalue weighted by molar-refractivity contribution is 0.863. The predicted molar refractivity (Wildman–Crippen MR) is 56.4 cm³/mol. The third-order valence-corrected chi connectivity index (χ3v) is 2.30. The van der Waals surface area contributed by atoms with Gasteiger partial charge in [0.2, 0.25) is 0 Å². The summed E-state index contributed by atoms with van der Waals surface area (Å²) in [5, 5.41) is 2.96. The Morgan fingerprint density at radius 1 is 1.19 bits per heavy atom. The Bertz CT molecular complexity index is 642. The van der Waals surface area contributed by atoms with Gasteiger partial charge in [-0.3, -0.25) is 14.9 Å². The molecule has 0 saturated heterocycles. The molecule has 78 valence electrons. The summed E-state index contributed by atoms with van der Waals surface area (Å²) in [6, 6.07) is 3.64. The van der Waals surface area contributed by atoms with Crippen LogP contribution in [0.15, 0.2) is 41.8 Å². The molecule has 0 unspecified atom stereocenters. The summed E-state index contributed by atoms with van der Waals surface area (Å²) in [4.78, 5) is 23.0. The fourth-order valence-electron chi connectivity index (χ4n) is 1.56. The zero-order valence-corrected chi connectivity index (χ0v) is 8.16. The Labute approximate surface area is 90.0 Å². The molecule has 2 aliphatic rings. The first kappa shape index (κ1) is 8.78. The van der Waals surface area contributed by atoms with Crippen LogP contribution in [0, 0.1) is 0 Å². The number of aromatic nitrogens is 5. The fourth-order valence-corrected chi connectivity index (χ4v) is 1.56. The molecular weight excluding hydrogens is 206 g/mol. The maximum atomic E-state index is 11.4. The van der Waals surface area contributed by atoms with Crippen LogP contribution in [-0.4, -0.2) is 24.7 Å². The van der Waals surface area contributed by atoms with Gasteiger partial charge < -0.3 is 0 Å². The quantitative estimate of drug-likeness (QED) is 0.637. The third-order valence-electron chi connectivity index (χ3n) is 2.30. The number of hydrogen-bond acceptors (Lipinski definition) is 4. The van der Waals surface area contributed by atoms with Crippen molar-refractivity contribution in [2.75, 3.05) is 0 Å². The molecule has 0 saturated carbocycles. The predicted octanol–water partition coefficient (Wildman–Crippen LogP) is 0.455. The number of nitrogens with one attached hydrogen (secondary N) is 1. The zero-order valence-electron chi connectivity index (χ0n) is 8.16. The van der Waals surface area contributed by atoms with Gasteiger partial charge in [-0.2, -0.15) is 4.98 Å². The second kappa shape index (κ2) is 3.27. The minimum Gasteiger partial charge on any atom is -0.299 e. The smallest absolute Gasteiger partial charge is 0.283 e. The first-order valence-electron chi connectivity index (χ1n) is 4.68. The Kier molecular flexibility index (Phi) is 1.79. The molecule has 16 heavy (non-hydrogen) atoms. The SMILES string of the molecule is O=c1ncnc2n(-c3ccncc3)[nH]cc1-2. The van der Waals surface area contributed by atoms with Crippen molar-refractivity contribution in [3.8, 4) is 17.1 Å². The standard InChI is InChI=1S/C10H7N5O/c16-10-8-5-14-15(9(8)12-6-13-10)7-1-3-11-4-2-7/h1-6,14H. The van der Waals surface area contributed by atoms with Crippen molar-refractivity contribution in [1.29, 1.82) is 0 Å². The van der Waals surface area contributed by atoms with E-state index in [0.29, 0.717) is 11.4 Å². The van der Waals surface area contributed by atoms with Gasteiger partial charge in [-0.1, -0.05) is 0 Å². The summed E-state index contributed by atoms with van der Waals surface area (Å²) >= 11 is 0. The second-order valence-corrected chi connectivity index (χ2v) is 3.23. The molecular formula is C10H7N5O. The van der Waals surface area contributed by atoms with Gasteiger partial charge >= 0.3 is 0 Å². The van der Waals surface area contributed by atoms with E-state index < -0.39 is 0 Å². The van der Waals surface area contributed by atoms with E-state index in [1.54, 1.807) is 23.3 Å². The second-order valence-electron chi connectivity index (χ2n) is 3.23. The normalized spacial score (nSPS) is 10.8. The van der Waals surface area contributed by atoms with Gasteiger partial charge in [0, 0.05) is 18.6 Å². The molecule has 2 aliphatic heterocycles. The summed E-state index contributed by atoms with van der Waals surface area (Å²) in [7, 11) is 0. The van der Waals surface area contributed by atoms with Crippen LogP contribution in [0.5, 0.6) is 0 Å². The first-order valence-corrected chi connectivity index (χ1v) is 4.68. The van der Waals surface area contributed by atoms with Crippen molar-refractivity contribution < 1.29 is 0 Å². The van der Waals surface area contributed by atoms with Gasteiger partial charge in [-0.05, 0) is 12.1 Å². The molecule has 0 aromatic carbocycles. The molecule has 0 amide bonds. The van der Waals surface area contributed by atoms with Crippen molar-refractivity contribution in [1.82, 2.24) is 24.7 Å². The van der Waals surface area contributed by atoms with Crippen molar-refractivity contribution in [3.05, 3.63) is 47.4 Å². The Hall–Kier alpha value is -2.50. The summed E-state index contributed by atoms with van der Waals surface area (Å²) in [6.07, 6.45) is 6.21. The summed E-state index contributed by atoms with van der Waals surface area (Å²) < 4.78 is 1.71. The average molecular weight is 213 g/mol. The molecule has 1 aromatic heterocycles. The average Bonchev–Trinajstić information content (AvgIpc) is 2.75. The lowest BCUT2D eigenvalue weighted by Gasteiger charge is -2.04. The van der Waals surface area contributed by atoms with Crippen LogP contribution in [0.25, 0.3) is 17.1 Å². The highest BCUT2D eigenvalue weighted by molar-refractivity contribution is 5.56. The highest BCUT2D eigenvalue weighted by Crippen LogP contribution is 2.17. The van der Waals surface area contributed by atoms with Gasteiger partial charge in [-0.15, -0.1) is 0 Å². The monoisotopic (exact) mass is 213 g/mol. The minimum atomic E-state index is -0.283. The number of H-pyrrole nitrogens is 1. The number of pyridine rings is 1. The minimum absolute atomic E-state index is 0.283. The van der Waals surface area contributed by atoms with Gasteiger partial charge in [0.05, 0.1) is 5.69 Å². The molecule has 3 heterocycles. The van der Waals surface area contributed by atoms with Gasteiger partial charge in [0.15, 0.2) is 5.82 Å². The van der Waals surface area contributed by atoms with Crippen LogP contribution in [0.3, 0.4) is 0 Å². The Morgan fingerprint density at radius 2 is 2.00 bits per heavy atom.